The van der Waals surface area contributed by atoms with Gasteiger partial charge in [0.05, 0.1) is 6.10 Å². The second kappa shape index (κ2) is 8.27. The van der Waals surface area contributed by atoms with Gasteiger partial charge in [0.15, 0.2) is 0 Å². The molecule has 0 aromatic heterocycles. The third kappa shape index (κ3) is 5.51. The van der Waals surface area contributed by atoms with E-state index >= 15 is 0 Å². The largest absolute Gasteiger partial charge is 0.391 e. The molecule has 2 N–H and O–H groups in total. The lowest BCUT2D eigenvalue weighted by molar-refractivity contribution is 0.0900. The average molecular weight is 299 g/mol. The van der Waals surface area contributed by atoms with Crippen molar-refractivity contribution < 1.29 is 14.3 Å². The Balaban J connectivity index is 2.61. The molecule has 5 heteroatoms. The van der Waals surface area contributed by atoms with Crippen molar-refractivity contribution in [1.82, 2.24) is 5.32 Å². The number of thioether (sulfide) groups is 1. The van der Waals surface area contributed by atoms with Gasteiger partial charge in [0.1, 0.15) is 5.82 Å². The first-order valence-electron chi connectivity index (χ1n) is 6.67. The molecule has 0 saturated heterocycles. The third-order valence-corrected chi connectivity index (χ3v) is 3.45. The molecule has 0 saturated carbocycles. The minimum Gasteiger partial charge on any atom is -0.391 e. The first-order valence-corrected chi connectivity index (χ1v) is 8.07. The summed E-state index contributed by atoms with van der Waals surface area (Å²) < 4.78 is 13.5. The monoisotopic (exact) mass is 299 g/mol. The Kier molecular flexibility index (Phi) is 7.02. The zero-order chi connectivity index (χ0) is 15.1. The first kappa shape index (κ1) is 17.0. The fourth-order valence-electron chi connectivity index (χ4n) is 1.92. The highest BCUT2D eigenvalue weighted by Gasteiger charge is 2.12. The van der Waals surface area contributed by atoms with Gasteiger partial charge in [-0.15, -0.1) is 0 Å². The van der Waals surface area contributed by atoms with Gasteiger partial charge in [0, 0.05) is 17.9 Å². The third-order valence-electron chi connectivity index (χ3n) is 2.85. The number of hydrogen-bond donors (Lipinski definition) is 2. The molecule has 0 aliphatic heterocycles. The predicted octanol–water partition coefficient (Wildman–Crippen LogP) is 2.83. The molecule has 1 aromatic carbocycles. The normalized spacial score (nSPS) is 12.5. The highest BCUT2D eigenvalue weighted by atomic mass is 32.2. The molecule has 0 spiro atoms. The lowest BCUT2D eigenvalue weighted by Gasteiger charge is -2.14. The van der Waals surface area contributed by atoms with Crippen LogP contribution in [0.4, 0.5) is 4.39 Å². The van der Waals surface area contributed by atoms with Crippen LogP contribution >= 0.6 is 11.8 Å². The lowest BCUT2D eigenvalue weighted by Crippen LogP contribution is -2.32. The smallest absolute Gasteiger partial charge is 0.251 e. The van der Waals surface area contributed by atoms with Crippen LogP contribution in [-0.2, 0) is 5.75 Å². The zero-order valence-corrected chi connectivity index (χ0v) is 13.0. The Morgan fingerprint density at radius 2 is 2.15 bits per heavy atom. The van der Waals surface area contributed by atoms with Gasteiger partial charge < -0.3 is 10.4 Å². The molecule has 1 unspecified atom stereocenters. The maximum Gasteiger partial charge on any atom is 0.251 e. The Morgan fingerprint density at radius 3 is 2.75 bits per heavy atom. The number of nitrogens with one attached hydrogen (secondary N) is 1. The van der Waals surface area contributed by atoms with Gasteiger partial charge in [-0.2, -0.15) is 11.8 Å². The molecule has 112 valence electrons. The van der Waals surface area contributed by atoms with Crippen LogP contribution in [0.15, 0.2) is 18.2 Å². The van der Waals surface area contributed by atoms with E-state index in [9.17, 15) is 14.3 Å². The maximum absolute atomic E-state index is 13.5. The zero-order valence-electron chi connectivity index (χ0n) is 12.1. The van der Waals surface area contributed by atoms with Gasteiger partial charge in [-0.05, 0) is 42.4 Å². The van der Waals surface area contributed by atoms with Crippen molar-refractivity contribution in [1.29, 1.82) is 0 Å². The summed E-state index contributed by atoms with van der Waals surface area (Å²) >= 11 is 1.50. The summed E-state index contributed by atoms with van der Waals surface area (Å²) in [6.45, 7) is 4.24. The average Bonchev–Trinajstić information content (AvgIpc) is 2.38. The number of hydrogen-bond acceptors (Lipinski definition) is 3. The quantitative estimate of drug-likeness (QED) is 0.814. The van der Waals surface area contributed by atoms with Gasteiger partial charge in [-0.1, -0.05) is 13.8 Å². The van der Waals surface area contributed by atoms with Crippen LogP contribution in [0.5, 0.6) is 0 Å². The number of carbonyl (C=O) groups excluding carboxylic acids is 1. The van der Waals surface area contributed by atoms with E-state index in [1.807, 2.05) is 20.1 Å². The van der Waals surface area contributed by atoms with E-state index in [0.717, 1.165) is 0 Å². The molecule has 0 heterocycles. The highest BCUT2D eigenvalue weighted by molar-refractivity contribution is 7.97. The van der Waals surface area contributed by atoms with E-state index in [2.05, 4.69) is 5.32 Å². The molecule has 1 aromatic rings. The number of halogens is 1. The lowest BCUT2D eigenvalue weighted by atomic mass is 10.1. The Bertz CT molecular complexity index is 451. The van der Waals surface area contributed by atoms with Gasteiger partial charge >= 0.3 is 0 Å². The molecule has 3 nitrogen and oxygen atoms in total. The van der Waals surface area contributed by atoms with E-state index in [1.54, 1.807) is 6.07 Å². The van der Waals surface area contributed by atoms with Crippen LogP contribution < -0.4 is 5.32 Å². The second-order valence-corrected chi connectivity index (χ2v) is 6.10. The summed E-state index contributed by atoms with van der Waals surface area (Å²) in [5.41, 5.74) is 0.945. The molecule has 1 rings (SSSR count). The van der Waals surface area contributed by atoms with Crippen LogP contribution in [0, 0.1) is 11.7 Å². The van der Waals surface area contributed by atoms with Crippen molar-refractivity contribution in [2.24, 2.45) is 5.92 Å². The van der Waals surface area contributed by atoms with Crippen LogP contribution in [-0.4, -0.2) is 29.9 Å². The number of rotatable bonds is 7. The molecular weight excluding hydrogens is 277 g/mol. The second-order valence-electron chi connectivity index (χ2n) is 5.23. The van der Waals surface area contributed by atoms with Gasteiger partial charge in [-0.3, -0.25) is 4.79 Å². The fraction of sp³-hybridized carbons (Fsp3) is 0.533. The van der Waals surface area contributed by atoms with Gasteiger partial charge in [-0.25, -0.2) is 4.39 Å². The van der Waals surface area contributed by atoms with Crippen molar-refractivity contribution in [3.63, 3.8) is 0 Å². The minimum absolute atomic E-state index is 0.215. The molecule has 1 atom stereocenters. The molecule has 0 aliphatic rings. The molecule has 20 heavy (non-hydrogen) atoms. The van der Waals surface area contributed by atoms with Crippen molar-refractivity contribution in [3.05, 3.63) is 35.1 Å². The number of carbonyl (C=O) groups is 1. The summed E-state index contributed by atoms with van der Waals surface area (Å²) in [7, 11) is 0. The molecule has 0 radical (unpaired) electrons. The Labute approximate surface area is 124 Å². The Morgan fingerprint density at radius 1 is 1.45 bits per heavy atom. The number of benzene rings is 1. The number of aliphatic hydroxyl groups excluding tert-OH is 1. The molecular formula is C15H22FNO2S. The Hall–Kier alpha value is -1.07. The van der Waals surface area contributed by atoms with Crippen LogP contribution in [0.25, 0.3) is 0 Å². The van der Waals surface area contributed by atoms with Crippen molar-refractivity contribution in [2.45, 2.75) is 32.1 Å². The van der Waals surface area contributed by atoms with Crippen molar-refractivity contribution >= 4 is 17.7 Å². The SMILES string of the molecule is CSCc1cc(C(=O)NCC(O)CC(C)C)ccc1F. The van der Waals surface area contributed by atoms with E-state index in [0.29, 0.717) is 29.2 Å². The topological polar surface area (TPSA) is 49.3 Å². The fourth-order valence-corrected chi connectivity index (χ4v) is 2.45. The van der Waals surface area contributed by atoms with E-state index in [4.69, 9.17) is 0 Å². The van der Waals surface area contributed by atoms with Crippen molar-refractivity contribution in [3.8, 4) is 0 Å². The number of aliphatic hydroxyl groups is 1. The molecule has 0 aliphatic carbocycles. The van der Waals surface area contributed by atoms with Gasteiger partial charge in [0.25, 0.3) is 5.91 Å². The summed E-state index contributed by atoms with van der Waals surface area (Å²) in [5.74, 6) is 0.329. The van der Waals surface area contributed by atoms with Crippen LogP contribution in [0.3, 0.4) is 0 Å². The summed E-state index contributed by atoms with van der Waals surface area (Å²) in [6, 6.07) is 4.34. The van der Waals surface area contributed by atoms with Crippen LogP contribution in [0.2, 0.25) is 0 Å². The summed E-state index contributed by atoms with van der Waals surface area (Å²) in [6.07, 6.45) is 1.97. The molecule has 1 amide bonds. The summed E-state index contributed by atoms with van der Waals surface area (Å²) in [4.78, 5) is 12.0. The van der Waals surface area contributed by atoms with Gasteiger partial charge in [0.2, 0.25) is 0 Å². The number of amides is 1. The van der Waals surface area contributed by atoms with E-state index in [-0.39, 0.29) is 18.3 Å². The minimum atomic E-state index is -0.551. The predicted molar refractivity (Wildman–Crippen MR) is 81.4 cm³/mol. The van der Waals surface area contributed by atoms with Crippen molar-refractivity contribution in [2.75, 3.05) is 12.8 Å². The standard InChI is InChI=1S/C15H22FNO2S/c1-10(2)6-13(18)8-17-15(19)11-4-5-14(16)12(7-11)9-20-3/h4-5,7,10,13,18H,6,8-9H2,1-3H3,(H,17,19). The van der Waals surface area contributed by atoms with E-state index in [1.165, 1.54) is 23.9 Å². The van der Waals surface area contributed by atoms with Crippen LogP contribution in [0.1, 0.15) is 36.2 Å². The summed E-state index contributed by atoms with van der Waals surface area (Å²) in [5, 5.41) is 12.4. The molecule has 0 bridgehead atoms. The maximum atomic E-state index is 13.5. The first-order chi connectivity index (χ1) is 9.43. The van der Waals surface area contributed by atoms with E-state index < -0.39 is 6.10 Å². The highest BCUT2D eigenvalue weighted by Crippen LogP contribution is 2.16. The molecule has 0 fully saturated rings.